The van der Waals surface area contributed by atoms with Gasteiger partial charge in [0.15, 0.2) is 0 Å². The summed E-state index contributed by atoms with van der Waals surface area (Å²) in [5.74, 6) is -1.31. The highest BCUT2D eigenvalue weighted by atomic mass is 35.5. The minimum atomic E-state index is -1.05. The van der Waals surface area contributed by atoms with Gasteiger partial charge in [-0.2, -0.15) is 0 Å². The van der Waals surface area contributed by atoms with Crippen molar-refractivity contribution in [1.82, 2.24) is 0 Å². The molecular weight excluding hydrogens is 266 g/mol. The molecule has 1 rings (SSSR count). The van der Waals surface area contributed by atoms with Gasteiger partial charge in [-0.1, -0.05) is 38.3 Å². The molecule has 19 heavy (non-hydrogen) atoms. The molecule has 0 aliphatic carbocycles. The molecule has 0 fully saturated rings. The summed E-state index contributed by atoms with van der Waals surface area (Å²) < 4.78 is 0. The van der Waals surface area contributed by atoms with Crippen LogP contribution in [0.2, 0.25) is 5.02 Å². The van der Waals surface area contributed by atoms with Gasteiger partial charge < -0.3 is 10.4 Å². The van der Waals surface area contributed by atoms with Crippen LogP contribution >= 0.6 is 11.6 Å². The number of hydrogen-bond donors (Lipinski definition) is 2. The van der Waals surface area contributed by atoms with E-state index < -0.39 is 5.97 Å². The smallest absolute Gasteiger partial charge is 0.335 e. The average molecular weight is 284 g/mol. The minimum absolute atomic E-state index is 0.0981. The molecule has 0 aromatic heterocycles. The number of amides is 1. The van der Waals surface area contributed by atoms with Gasteiger partial charge in [-0.25, -0.2) is 4.79 Å². The molecule has 1 unspecified atom stereocenters. The van der Waals surface area contributed by atoms with E-state index in [0.29, 0.717) is 10.7 Å². The molecule has 4 nitrogen and oxygen atoms in total. The highest BCUT2D eigenvalue weighted by Crippen LogP contribution is 2.24. The molecule has 0 heterocycles. The van der Waals surface area contributed by atoms with E-state index in [4.69, 9.17) is 16.7 Å². The molecule has 1 atom stereocenters. The quantitative estimate of drug-likeness (QED) is 0.834. The lowest BCUT2D eigenvalue weighted by molar-refractivity contribution is -0.119. The Bertz CT molecular complexity index is 474. The van der Waals surface area contributed by atoms with Crippen LogP contribution in [0.5, 0.6) is 0 Å². The molecule has 0 bridgehead atoms. The Labute approximate surface area is 117 Å². The van der Waals surface area contributed by atoms with Crippen LogP contribution in [-0.2, 0) is 4.79 Å². The summed E-state index contributed by atoms with van der Waals surface area (Å²) in [5, 5.41) is 11.9. The Kier molecular flexibility index (Phi) is 5.83. The van der Waals surface area contributed by atoms with E-state index in [9.17, 15) is 9.59 Å². The third-order valence-corrected chi connectivity index (χ3v) is 3.24. The molecule has 0 aliphatic heterocycles. The molecule has 2 N–H and O–H groups in total. The maximum absolute atomic E-state index is 11.9. The van der Waals surface area contributed by atoms with Crippen molar-refractivity contribution in [2.75, 3.05) is 5.32 Å². The number of aromatic carboxylic acids is 1. The fourth-order valence-electron chi connectivity index (χ4n) is 1.65. The van der Waals surface area contributed by atoms with Gasteiger partial charge in [0.25, 0.3) is 0 Å². The van der Waals surface area contributed by atoms with Crippen molar-refractivity contribution >= 4 is 29.2 Å². The van der Waals surface area contributed by atoms with E-state index in [1.807, 2.05) is 6.92 Å². The average Bonchev–Trinajstić information content (AvgIpc) is 2.38. The van der Waals surface area contributed by atoms with Crippen molar-refractivity contribution in [2.45, 2.75) is 33.1 Å². The van der Waals surface area contributed by atoms with E-state index in [1.165, 1.54) is 18.2 Å². The number of carboxylic acid groups (broad SMARTS) is 1. The predicted octanol–water partition coefficient (Wildman–Crippen LogP) is 3.80. The molecule has 0 aliphatic rings. The number of hydrogen-bond acceptors (Lipinski definition) is 2. The summed E-state index contributed by atoms with van der Waals surface area (Å²) >= 11 is 5.95. The number of halogens is 1. The Morgan fingerprint density at radius 1 is 1.42 bits per heavy atom. The predicted molar refractivity (Wildman–Crippen MR) is 75.7 cm³/mol. The zero-order chi connectivity index (χ0) is 14.4. The third-order valence-electron chi connectivity index (χ3n) is 2.91. The summed E-state index contributed by atoms with van der Waals surface area (Å²) in [5.41, 5.74) is 0.441. The monoisotopic (exact) mass is 283 g/mol. The van der Waals surface area contributed by atoms with Crippen molar-refractivity contribution in [1.29, 1.82) is 0 Å². The first-order chi connectivity index (χ1) is 8.95. The number of carbonyl (C=O) groups is 2. The summed E-state index contributed by atoms with van der Waals surface area (Å²) in [6.45, 7) is 3.91. The topological polar surface area (TPSA) is 66.4 Å². The van der Waals surface area contributed by atoms with Crippen molar-refractivity contribution in [3.63, 3.8) is 0 Å². The molecule has 1 aromatic rings. The van der Waals surface area contributed by atoms with Crippen LogP contribution in [0, 0.1) is 5.92 Å². The van der Waals surface area contributed by atoms with E-state index in [0.717, 1.165) is 19.3 Å². The molecule has 0 saturated heterocycles. The zero-order valence-corrected chi connectivity index (χ0v) is 11.8. The van der Waals surface area contributed by atoms with Crippen LogP contribution < -0.4 is 5.32 Å². The molecule has 1 aromatic carbocycles. The second-order valence-corrected chi connectivity index (χ2v) is 4.94. The third kappa shape index (κ3) is 4.56. The van der Waals surface area contributed by atoms with Gasteiger partial charge >= 0.3 is 5.97 Å². The van der Waals surface area contributed by atoms with Crippen molar-refractivity contribution in [3.8, 4) is 0 Å². The Morgan fingerprint density at radius 2 is 2.11 bits per heavy atom. The molecular formula is C14H18ClNO3. The summed E-state index contributed by atoms with van der Waals surface area (Å²) in [4.78, 5) is 22.8. The normalized spacial score (nSPS) is 11.9. The van der Waals surface area contributed by atoms with Gasteiger partial charge in [-0.3, -0.25) is 4.79 Å². The highest BCUT2D eigenvalue weighted by molar-refractivity contribution is 6.33. The van der Waals surface area contributed by atoms with E-state index >= 15 is 0 Å². The van der Waals surface area contributed by atoms with Crippen molar-refractivity contribution < 1.29 is 14.7 Å². The summed E-state index contributed by atoms with van der Waals surface area (Å²) in [6.07, 6.45) is 2.82. The number of nitrogens with one attached hydrogen (secondary N) is 1. The van der Waals surface area contributed by atoms with Gasteiger partial charge in [-0.15, -0.1) is 0 Å². The van der Waals surface area contributed by atoms with Crippen LogP contribution in [0.3, 0.4) is 0 Å². The fourth-order valence-corrected chi connectivity index (χ4v) is 1.82. The number of unbranched alkanes of at least 4 members (excludes halogenated alkanes) is 1. The Balaban J connectivity index is 2.78. The molecule has 104 valence electrons. The first-order valence-electron chi connectivity index (χ1n) is 6.29. The molecule has 5 heteroatoms. The number of anilines is 1. The largest absolute Gasteiger partial charge is 0.478 e. The maximum Gasteiger partial charge on any atom is 0.335 e. The minimum Gasteiger partial charge on any atom is -0.478 e. The van der Waals surface area contributed by atoms with Crippen LogP contribution in [0.15, 0.2) is 18.2 Å². The van der Waals surface area contributed by atoms with Gasteiger partial charge in [0.1, 0.15) is 0 Å². The fraction of sp³-hybridized carbons (Fsp3) is 0.429. The summed E-state index contributed by atoms with van der Waals surface area (Å²) in [6, 6.07) is 4.24. The number of carbonyl (C=O) groups excluding carboxylic acids is 1. The van der Waals surface area contributed by atoms with Crippen LogP contribution in [0.25, 0.3) is 0 Å². The lowest BCUT2D eigenvalue weighted by Crippen LogP contribution is -2.20. The Hall–Kier alpha value is -1.55. The van der Waals surface area contributed by atoms with Gasteiger partial charge in [-0.05, 0) is 24.6 Å². The van der Waals surface area contributed by atoms with E-state index in [1.54, 1.807) is 0 Å². The SMILES string of the molecule is CCCCC(C)C(=O)Nc1cc(C(=O)O)ccc1Cl. The standard InChI is InChI=1S/C14H18ClNO3/c1-3-4-5-9(2)13(17)16-12-8-10(14(18)19)6-7-11(12)15/h6-9H,3-5H2,1-2H3,(H,16,17)(H,18,19). The molecule has 0 saturated carbocycles. The van der Waals surface area contributed by atoms with Crippen LogP contribution in [0.1, 0.15) is 43.5 Å². The number of benzene rings is 1. The molecule has 0 radical (unpaired) electrons. The highest BCUT2D eigenvalue weighted by Gasteiger charge is 2.15. The second-order valence-electron chi connectivity index (χ2n) is 4.53. The number of rotatable bonds is 6. The van der Waals surface area contributed by atoms with Crippen LogP contribution in [0.4, 0.5) is 5.69 Å². The number of carboxylic acids is 1. The molecule has 0 spiro atoms. The first kappa shape index (κ1) is 15.5. The van der Waals surface area contributed by atoms with Crippen molar-refractivity contribution in [2.24, 2.45) is 5.92 Å². The van der Waals surface area contributed by atoms with Crippen molar-refractivity contribution in [3.05, 3.63) is 28.8 Å². The van der Waals surface area contributed by atoms with Crippen LogP contribution in [-0.4, -0.2) is 17.0 Å². The Morgan fingerprint density at radius 3 is 2.68 bits per heavy atom. The van der Waals surface area contributed by atoms with E-state index in [-0.39, 0.29) is 17.4 Å². The lowest BCUT2D eigenvalue weighted by atomic mass is 10.0. The zero-order valence-electron chi connectivity index (χ0n) is 11.1. The van der Waals surface area contributed by atoms with Gasteiger partial charge in [0.2, 0.25) is 5.91 Å². The first-order valence-corrected chi connectivity index (χ1v) is 6.67. The van der Waals surface area contributed by atoms with Gasteiger partial charge in [0, 0.05) is 5.92 Å². The van der Waals surface area contributed by atoms with Gasteiger partial charge in [0.05, 0.1) is 16.3 Å². The molecule has 1 amide bonds. The lowest BCUT2D eigenvalue weighted by Gasteiger charge is -2.13. The van der Waals surface area contributed by atoms with E-state index in [2.05, 4.69) is 12.2 Å². The second kappa shape index (κ2) is 7.14. The summed E-state index contributed by atoms with van der Waals surface area (Å²) in [7, 11) is 0. The maximum atomic E-state index is 11.9.